The summed E-state index contributed by atoms with van der Waals surface area (Å²) in [5.74, 6) is 0.0453. The minimum absolute atomic E-state index is 0. The number of sulfonamides is 2. The van der Waals surface area contributed by atoms with Gasteiger partial charge in [0.1, 0.15) is 27.9 Å². The fourth-order valence-corrected chi connectivity index (χ4v) is 7.64. The number of hydrogen-bond acceptors (Lipinski definition) is 10. The minimum atomic E-state index is -4.60. The molecule has 0 atom stereocenters. The van der Waals surface area contributed by atoms with E-state index in [-0.39, 0.29) is 63.5 Å². The van der Waals surface area contributed by atoms with Gasteiger partial charge in [0.2, 0.25) is 26.0 Å². The van der Waals surface area contributed by atoms with Gasteiger partial charge in [-0.15, -0.1) is 12.4 Å². The van der Waals surface area contributed by atoms with Crippen molar-refractivity contribution in [2.24, 2.45) is 16.6 Å². The van der Waals surface area contributed by atoms with Crippen molar-refractivity contribution in [1.82, 2.24) is 8.61 Å². The van der Waals surface area contributed by atoms with Crippen molar-refractivity contribution >= 4 is 48.5 Å². The van der Waals surface area contributed by atoms with Crippen molar-refractivity contribution in [1.29, 1.82) is 0 Å². The van der Waals surface area contributed by atoms with Gasteiger partial charge in [-0.25, -0.2) is 16.8 Å². The number of guanidine groups is 1. The highest BCUT2D eigenvalue weighted by molar-refractivity contribution is 7.91. The topological polar surface area (TPSA) is 201 Å². The molecule has 2 aromatic carbocycles. The van der Waals surface area contributed by atoms with Crippen LogP contribution in [0.3, 0.4) is 0 Å². The molecule has 0 aliphatic carbocycles. The number of aryl methyl sites for hydroxylation is 1. The average molecular weight is 642 g/mol. The van der Waals surface area contributed by atoms with E-state index in [1.807, 2.05) is 0 Å². The molecule has 3 rings (SSSR count). The molecule has 4 N–H and O–H groups in total. The molecule has 1 saturated heterocycles. The Labute approximate surface area is 240 Å². The molecule has 40 heavy (non-hydrogen) atoms. The molecule has 14 nitrogen and oxygen atoms in total. The number of piperazine rings is 1. The molecule has 0 aromatic heterocycles. The highest BCUT2D eigenvalue weighted by atomic mass is 35.5. The summed E-state index contributed by atoms with van der Waals surface area (Å²) in [4.78, 5) is 3.86. The lowest BCUT2D eigenvalue weighted by Crippen LogP contribution is -2.50. The second kappa shape index (κ2) is 13.7. The zero-order valence-electron chi connectivity index (χ0n) is 21.8. The monoisotopic (exact) mass is 641 g/mol. The highest BCUT2D eigenvalue weighted by Gasteiger charge is 2.35. The van der Waals surface area contributed by atoms with Gasteiger partial charge in [-0.2, -0.15) is 17.0 Å². The molecule has 2 aromatic rings. The zero-order valence-corrected chi connectivity index (χ0v) is 25.1. The molecule has 1 heterocycles. The highest BCUT2D eigenvalue weighted by Crippen LogP contribution is 2.30. The third-order valence-corrected chi connectivity index (χ3v) is 10.1. The second-order valence-electron chi connectivity index (χ2n) is 8.58. The average Bonchev–Trinajstić information content (AvgIpc) is 2.85. The summed E-state index contributed by atoms with van der Waals surface area (Å²) < 4.78 is 90.0. The van der Waals surface area contributed by atoms with E-state index in [0.29, 0.717) is 17.7 Å². The molecule has 0 radical (unpaired) electrons. The van der Waals surface area contributed by atoms with Crippen molar-refractivity contribution in [3.8, 4) is 11.5 Å². The lowest BCUT2D eigenvalue weighted by Gasteiger charge is -2.32. The van der Waals surface area contributed by atoms with E-state index >= 15 is 0 Å². The number of oxime groups is 1. The van der Waals surface area contributed by atoms with Gasteiger partial charge >= 0.3 is 10.1 Å². The second-order valence-corrected chi connectivity index (χ2v) is 14.0. The first-order chi connectivity index (χ1) is 18.2. The quantitative estimate of drug-likeness (QED) is 0.107. The largest absolute Gasteiger partial charge is 0.493 e. The first-order valence-electron chi connectivity index (χ1n) is 11.6. The third kappa shape index (κ3) is 8.84. The predicted octanol–water partition coefficient (Wildman–Crippen LogP) is 0.424. The van der Waals surface area contributed by atoms with Crippen molar-refractivity contribution in [3.05, 3.63) is 48.0 Å². The predicted molar refractivity (Wildman–Crippen MR) is 150 cm³/mol. The van der Waals surface area contributed by atoms with Gasteiger partial charge in [0.05, 0.1) is 12.9 Å². The van der Waals surface area contributed by atoms with Crippen LogP contribution in [0.5, 0.6) is 11.5 Å². The number of nitrogens with zero attached hydrogens (tertiary/aromatic N) is 3. The number of hydrogen-bond donors (Lipinski definition) is 2. The molecule has 224 valence electrons. The molecule has 0 bridgehead atoms. The maximum atomic E-state index is 13.4. The Kier molecular flexibility index (Phi) is 11.4. The number of rotatable bonds is 12. The normalized spacial score (nSPS) is 15.1. The Balaban J connectivity index is 0.00000560. The lowest BCUT2D eigenvalue weighted by molar-refractivity contribution is 0.127. The molecule has 1 aliphatic heterocycles. The summed E-state index contributed by atoms with van der Waals surface area (Å²) in [6.07, 6.45) is 1.48. The van der Waals surface area contributed by atoms with Crippen LogP contribution in [0.15, 0.2) is 57.4 Å². The molecular weight excluding hydrogens is 610 g/mol. The smallest absolute Gasteiger partial charge is 0.340 e. The summed E-state index contributed by atoms with van der Waals surface area (Å²) >= 11 is 0. The fraction of sp³-hybridized carbons (Fsp3) is 0.409. The van der Waals surface area contributed by atoms with Crippen LogP contribution in [0.1, 0.15) is 12.0 Å². The Morgan fingerprint density at radius 3 is 2.05 bits per heavy atom. The van der Waals surface area contributed by atoms with E-state index in [2.05, 4.69) is 5.16 Å². The fourth-order valence-electron chi connectivity index (χ4n) is 3.70. The summed E-state index contributed by atoms with van der Waals surface area (Å²) in [5, 5.41) is 3.39. The Morgan fingerprint density at radius 2 is 1.45 bits per heavy atom. The van der Waals surface area contributed by atoms with Crippen molar-refractivity contribution in [3.63, 3.8) is 0 Å². The van der Waals surface area contributed by atoms with Crippen molar-refractivity contribution < 1.29 is 39.0 Å². The molecule has 1 fully saturated rings. The van der Waals surface area contributed by atoms with Crippen molar-refractivity contribution in [2.75, 3.05) is 45.6 Å². The maximum Gasteiger partial charge on any atom is 0.340 e. The van der Waals surface area contributed by atoms with Gasteiger partial charge < -0.3 is 25.2 Å². The van der Waals surface area contributed by atoms with Crippen LogP contribution in [0.4, 0.5) is 0 Å². The van der Waals surface area contributed by atoms with Crippen LogP contribution in [-0.4, -0.2) is 85.5 Å². The standard InChI is InChI=1S/C22H31N5O9S3.ClH/c1-17-14-18(34-12-5-13-35-25-22(23)24)16-19(15-17)36-39(32,33)21-7-4-3-6-20(21)38(30,31)27-10-8-26(9-11-27)37(2,28)29;/h3-4,6-7,14-16H,5,8-13H2,1-2H3,(H4,23,24,25);1H. The molecule has 1 aliphatic rings. The summed E-state index contributed by atoms with van der Waals surface area (Å²) in [5.41, 5.74) is 11.0. The zero-order chi connectivity index (χ0) is 28.8. The van der Waals surface area contributed by atoms with E-state index < -0.39 is 40.0 Å². The van der Waals surface area contributed by atoms with Gasteiger partial charge in [-0.3, -0.25) is 0 Å². The maximum absolute atomic E-state index is 13.4. The first kappa shape index (κ1) is 33.4. The summed E-state index contributed by atoms with van der Waals surface area (Å²) in [7, 11) is -12.4. The first-order valence-corrected chi connectivity index (χ1v) is 16.3. The van der Waals surface area contributed by atoms with Crippen LogP contribution >= 0.6 is 12.4 Å². The van der Waals surface area contributed by atoms with E-state index in [1.165, 1.54) is 34.6 Å². The van der Waals surface area contributed by atoms with Gasteiger partial charge in [0.15, 0.2) is 0 Å². The van der Waals surface area contributed by atoms with E-state index in [0.717, 1.165) is 16.6 Å². The third-order valence-electron chi connectivity index (χ3n) is 5.45. The number of nitrogens with two attached hydrogens (primary N) is 2. The van der Waals surface area contributed by atoms with Crippen LogP contribution in [0.25, 0.3) is 0 Å². The van der Waals surface area contributed by atoms with Gasteiger partial charge in [0.25, 0.3) is 0 Å². The van der Waals surface area contributed by atoms with Crippen LogP contribution in [0, 0.1) is 6.92 Å². The summed E-state index contributed by atoms with van der Waals surface area (Å²) in [6, 6.07) is 9.59. The summed E-state index contributed by atoms with van der Waals surface area (Å²) in [6.45, 7) is 1.77. The van der Waals surface area contributed by atoms with Gasteiger partial charge in [-0.05, 0) is 41.9 Å². The van der Waals surface area contributed by atoms with E-state index in [1.54, 1.807) is 13.0 Å². The molecule has 18 heteroatoms. The van der Waals surface area contributed by atoms with Crippen LogP contribution < -0.4 is 20.4 Å². The van der Waals surface area contributed by atoms with Gasteiger partial charge in [-0.1, -0.05) is 12.1 Å². The molecule has 0 unspecified atom stereocenters. The molecule has 0 spiro atoms. The van der Waals surface area contributed by atoms with E-state index in [9.17, 15) is 25.3 Å². The van der Waals surface area contributed by atoms with Crippen LogP contribution in [0.2, 0.25) is 0 Å². The molecule has 0 saturated carbocycles. The molecule has 0 amide bonds. The molecular formula is C22H32ClN5O9S3. The Hall–Kier alpha value is -2.83. The Bertz CT molecular complexity index is 1520. The van der Waals surface area contributed by atoms with Gasteiger partial charge in [0, 0.05) is 38.7 Å². The SMILES string of the molecule is Cc1cc(OCCCON=C(N)N)cc(OS(=O)(=O)c2ccccc2S(=O)(=O)N2CCN(S(C)(=O)=O)CC2)c1.Cl. The van der Waals surface area contributed by atoms with Crippen LogP contribution in [-0.2, 0) is 35.0 Å². The number of halogens is 1. The number of ether oxygens (including phenoxy) is 1. The Morgan fingerprint density at radius 1 is 0.875 bits per heavy atom. The lowest BCUT2D eigenvalue weighted by atomic mass is 10.2. The minimum Gasteiger partial charge on any atom is -0.493 e. The van der Waals surface area contributed by atoms with Crippen molar-refractivity contribution in [2.45, 2.75) is 23.1 Å². The van der Waals surface area contributed by atoms with E-state index in [4.69, 9.17) is 25.2 Å². The number of benzene rings is 2.